The third-order valence-corrected chi connectivity index (χ3v) is 5.83. The number of hydrogen-bond acceptors (Lipinski definition) is 6. The van der Waals surface area contributed by atoms with Crippen molar-refractivity contribution >= 4 is 28.5 Å². The molecule has 1 saturated carbocycles. The Morgan fingerprint density at radius 3 is 2.50 bits per heavy atom. The third kappa shape index (κ3) is 5.95. The molecule has 1 aliphatic carbocycles. The Labute approximate surface area is 201 Å². The first kappa shape index (κ1) is 23.8. The number of ether oxygens (including phenoxy) is 2. The van der Waals surface area contributed by atoms with E-state index in [1.165, 1.54) is 32.1 Å². The molecule has 2 N–H and O–H groups in total. The third-order valence-electron chi connectivity index (χ3n) is 5.83. The monoisotopic (exact) mass is 462 g/mol. The summed E-state index contributed by atoms with van der Waals surface area (Å²) in [4.78, 5) is 21.3. The lowest BCUT2D eigenvalue weighted by molar-refractivity contribution is 0.0635. The van der Waals surface area contributed by atoms with Gasteiger partial charge in [0, 0.05) is 11.4 Å². The van der Waals surface area contributed by atoms with Gasteiger partial charge >= 0.3 is 6.09 Å². The zero-order valence-electron chi connectivity index (χ0n) is 20.5. The maximum Gasteiger partial charge on any atom is 0.412 e. The lowest BCUT2D eigenvalue weighted by atomic mass is 9.95. The summed E-state index contributed by atoms with van der Waals surface area (Å²) in [6.07, 6.45) is 7.29. The molecule has 1 aliphatic rings. The van der Waals surface area contributed by atoms with Crippen LogP contribution in [0.15, 0.2) is 42.7 Å². The van der Waals surface area contributed by atoms with Crippen molar-refractivity contribution in [2.75, 3.05) is 17.2 Å². The fourth-order valence-corrected chi connectivity index (χ4v) is 4.29. The number of nitrogens with one attached hydrogen (secondary N) is 2. The standard InChI is InChI=1S/C27H34N4O3/c1-5-33-24-16-19(12-14-23(24)31-26(32)34-27(2,3)4)18-11-13-22-21(15-18)25(29-17-28-22)30-20-9-7-6-8-10-20/h11-17,20H,5-10H2,1-4H3,(H,31,32)(H,28,29,30). The average Bonchev–Trinajstić information content (AvgIpc) is 2.80. The predicted molar refractivity (Wildman–Crippen MR) is 136 cm³/mol. The molecule has 7 heteroatoms. The summed E-state index contributed by atoms with van der Waals surface area (Å²) in [6.45, 7) is 7.90. The van der Waals surface area contributed by atoms with E-state index < -0.39 is 11.7 Å². The minimum atomic E-state index is -0.577. The molecule has 0 spiro atoms. The van der Waals surface area contributed by atoms with Crippen LogP contribution < -0.4 is 15.4 Å². The van der Waals surface area contributed by atoms with Gasteiger partial charge in [-0.25, -0.2) is 14.8 Å². The van der Waals surface area contributed by atoms with E-state index in [1.807, 2.05) is 58.0 Å². The fraction of sp³-hybridized carbons (Fsp3) is 0.444. The number of fused-ring (bicyclic) bond motifs is 1. The molecular weight excluding hydrogens is 428 g/mol. The van der Waals surface area contributed by atoms with Crippen molar-refractivity contribution < 1.29 is 14.3 Å². The number of nitrogens with zero attached hydrogens (tertiary/aromatic N) is 2. The molecule has 0 unspecified atom stereocenters. The van der Waals surface area contributed by atoms with Crippen LogP contribution in [0, 0.1) is 0 Å². The summed E-state index contributed by atoms with van der Waals surface area (Å²) in [5, 5.41) is 7.44. The van der Waals surface area contributed by atoms with E-state index in [0.717, 1.165) is 27.8 Å². The maximum atomic E-state index is 12.3. The van der Waals surface area contributed by atoms with Gasteiger partial charge in [0.25, 0.3) is 0 Å². The second-order valence-electron chi connectivity index (χ2n) is 9.70. The fourth-order valence-electron chi connectivity index (χ4n) is 4.29. The van der Waals surface area contributed by atoms with Crippen LogP contribution in [0.1, 0.15) is 59.8 Å². The summed E-state index contributed by atoms with van der Waals surface area (Å²) in [7, 11) is 0. The van der Waals surface area contributed by atoms with E-state index >= 15 is 0 Å². The molecular formula is C27H34N4O3. The van der Waals surface area contributed by atoms with E-state index in [1.54, 1.807) is 6.33 Å². The lowest BCUT2D eigenvalue weighted by Crippen LogP contribution is -2.27. The van der Waals surface area contributed by atoms with Crippen molar-refractivity contribution in [2.24, 2.45) is 0 Å². The Balaban J connectivity index is 1.63. The highest BCUT2D eigenvalue weighted by atomic mass is 16.6. The Hall–Kier alpha value is -3.35. The number of amides is 1. The molecule has 0 radical (unpaired) electrons. The molecule has 7 nitrogen and oxygen atoms in total. The van der Waals surface area contributed by atoms with Gasteiger partial charge in [-0.1, -0.05) is 31.4 Å². The van der Waals surface area contributed by atoms with Crippen molar-refractivity contribution in [3.63, 3.8) is 0 Å². The van der Waals surface area contributed by atoms with Gasteiger partial charge in [0.15, 0.2) is 0 Å². The summed E-state index contributed by atoms with van der Waals surface area (Å²) < 4.78 is 11.2. The molecule has 1 heterocycles. The van der Waals surface area contributed by atoms with Gasteiger partial charge in [-0.2, -0.15) is 0 Å². The highest BCUT2D eigenvalue weighted by molar-refractivity contribution is 5.93. The van der Waals surface area contributed by atoms with Crippen LogP contribution in [-0.2, 0) is 4.74 Å². The maximum absolute atomic E-state index is 12.3. The van der Waals surface area contributed by atoms with Gasteiger partial charge < -0.3 is 14.8 Å². The van der Waals surface area contributed by atoms with Crippen molar-refractivity contribution in [1.29, 1.82) is 0 Å². The van der Waals surface area contributed by atoms with E-state index in [0.29, 0.717) is 24.1 Å². The van der Waals surface area contributed by atoms with Crippen molar-refractivity contribution in [2.45, 2.75) is 71.4 Å². The second kappa shape index (κ2) is 10.3. The molecule has 0 aliphatic heterocycles. The average molecular weight is 463 g/mol. The first-order valence-corrected chi connectivity index (χ1v) is 12.1. The topological polar surface area (TPSA) is 85.4 Å². The van der Waals surface area contributed by atoms with E-state index in [4.69, 9.17) is 9.47 Å². The van der Waals surface area contributed by atoms with Crippen LogP contribution in [0.4, 0.5) is 16.3 Å². The highest BCUT2D eigenvalue weighted by Gasteiger charge is 2.19. The quantitative estimate of drug-likeness (QED) is 0.420. The normalized spacial score (nSPS) is 14.6. The Morgan fingerprint density at radius 1 is 1.03 bits per heavy atom. The van der Waals surface area contributed by atoms with Crippen LogP contribution in [-0.4, -0.2) is 34.3 Å². The molecule has 1 amide bonds. The molecule has 0 bridgehead atoms. The van der Waals surface area contributed by atoms with Gasteiger partial charge in [-0.05, 0) is 75.9 Å². The molecule has 3 aromatic rings. The first-order valence-electron chi connectivity index (χ1n) is 12.1. The highest BCUT2D eigenvalue weighted by Crippen LogP contribution is 2.34. The summed E-state index contributed by atoms with van der Waals surface area (Å²) >= 11 is 0. The number of aromatic nitrogens is 2. The Morgan fingerprint density at radius 2 is 1.76 bits per heavy atom. The molecule has 0 saturated heterocycles. The van der Waals surface area contributed by atoms with Crippen molar-refractivity contribution in [3.05, 3.63) is 42.7 Å². The first-order chi connectivity index (χ1) is 16.3. The van der Waals surface area contributed by atoms with Gasteiger partial charge in [0.2, 0.25) is 0 Å². The molecule has 4 rings (SSSR count). The van der Waals surface area contributed by atoms with Crippen LogP contribution >= 0.6 is 0 Å². The molecule has 0 atom stereocenters. The molecule has 1 fully saturated rings. The van der Waals surface area contributed by atoms with Crippen molar-refractivity contribution in [1.82, 2.24) is 9.97 Å². The molecule has 180 valence electrons. The van der Waals surface area contributed by atoms with Crippen LogP contribution in [0.3, 0.4) is 0 Å². The number of carbonyl (C=O) groups excluding carboxylic acids is 1. The smallest absolute Gasteiger partial charge is 0.412 e. The second-order valence-corrected chi connectivity index (χ2v) is 9.70. The minimum absolute atomic E-state index is 0.457. The molecule has 1 aromatic heterocycles. The Bertz CT molecular complexity index is 1150. The van der Waals surface area contributed by atoms with E-state index in [-0.39, 0.29) is 0 Å². The predicted octanol–water partition coefficient (Wildman–Crippen LogP) is 6.79. The van der Waals surface area contributed by atoms with Crippen LogP contribution in [0.25, 0.3) is 22.0 Å². The number of benzene rings is 2. The summed E-state index contributed by atoms with van der Waals surface area (Å²) in [6, 6.07) is 12.4. The van der Waals surface area contributed by atoms with Crippen LogP contribution in [0.5, 0.6) is 5.75 Å². The number of anilines is 2. The summed E-state index contributed by atoms with van der Waals surface area (Å²) in [5.41, 5.74) is 2.91. The molecule has 34 heavy (non-hydrogen) atoms. The van der Waals surface area contributed by atoms with E-state index in [9.17, 15) is 4.79 Å². The number of rotatable bonds is 6. The van der Waals surface area contributed by atoms with E-state index in [2.05, 4.69) is 26.7 Å². The van der Waals surface area contributed by atoms with Gasteiger partial charge in [-0.3, -0.25) is 5.32 Å². The van der Waals surface area contributed by atoms with Gasteiger partial charge in [0.1, 0.15) is 23.5 Å². The van der Waals surface area contributed by atoms with Gasteiger partial charge in [-0.15, -0.1) is 0 Å². The molecule has 2 aromatic carbocycles. The lowest BCUT2D eigenvalue weighted by Gasteiger charge is -2.23. The van der Waals surface area contributed by atoms with Crippen LogP contribution in [0.2, 0.25) is 0 Å². The van der Waals surface area contributed by atoms with Crippen molar-refractivity contribution in [3.8, 4) is 16.9 Å². The zero-order valence-corrected chi connectivity index (χ0v) is 20.5. The Kier molecular flexibility index (Phi) is 7.20. The zero-order chi connectivity index (χ0) is 24.1. The summed E-state index contributed by atoms with van der Waals surface area (Å²) in [5.74, 6) is 1.47. The van der Waals surface area contributed by atoms with Gasteiger partial charge in [0.05, 0.1) is 17.8 Å². The number of hydrogen-bond donors (Lipinski definition) is 2. The SMILES string of the molecule is CCOc1cc(-c2ccc3ncnc(NC4CCCCC4)c3c2)ccc1NC(=O)OC(C)(C)C. The number of carbonyl (C=O) groups is 1. The largest absolute Gasteiger partial charge is 0.492 e. The minimum Gasteiger partial charge on any atom is -0.492 e.